The van der Waals surface area contributed by atoms with Crippen LogP contribution in [0.4, 0.5) is 5.69 Å². The van der Waals surface area contributed by atoms with Crippen molar-refractivity contribution >= 4 is 27.6 Å². The second-order valence-corrected chi connectivity index (χ2v) is 4.50. The predicted octanol–water partition coefficient (Wildman–Crippen LogP) is 2.95. The molecule has 0 fully saturated rings. The van der Waals surface area contributed by atoms with Crippen LogP contribution >= 0.6 is 15.9 Å². The molecule has 0 aromatic heterocycles. The zero-order chi connectivity index (χ0) is 11.6. The Kier molecular flexibility index (Phi) is 3.74. The van der Waals surface area contributed by atoms with Crippen LogP contribution in [0.5, 0.6) is 0 Å². The van der Waals surface area contributed by atoms with Gasteiger partial charge in [0.05, 0.1) is 5.69 Å². The number of hydrogen-bond donors (Lipinski definition) is 2. The first-order valence-corrected chi connectivity index (χ1v) is 5.47. The zero-order valence-corrected chi connectivity index (χ0v) is 10.6. The standard InChI is InChI=1S/C11H14BrNO2/c1-6-4-7(2)10(9(12)5-6)13-8(3)11(14)15/h4-5,8,13H,1-3H3,(H,14,15). The Morgan fingerprint density at radius 3 is 2.53 bits per heavy atom. The van der Waals surface area contributed by atoms with Gasteiger partial charge in [-0.3, -0.25) is 4.79 Å². The lowest BCUT2D eigenvalue weighted by Gasteiger charge is -2.15. The average molecular weight is 272 g/mol. The van der Waals surface area contributed by atoms with E-state index >= 15 is 0 Å². The van der Waals surface area contributed by atoms with Crippen LogP contribution < -0.4 is 5.32 Å². The van der Waals surface area contributed by atoms with Gasteiger partial charge in [-0.05, 0) is 53.9 Å². The summed E-state index contributed by atoms with van der Waals surface area (Å²) in [6.45, 7) is 5.57. The molecule has 1 unspecified atom stereocenters. The van der Waals surface area contributed by atoms with E-state index < -0.39 is 12.0 Å². The van der Waals surface area contributed by atoms with Crippen LogP contribution in [-0.2, 0) is 4.79 Å². The van der Waals surface area contributed by atoms with E-state index in [1.54, 1.807) is 6.92 Å². The van der Waals surface area contributed by atoms with Crippen LogP contribution in [0.3, 0.4) is 0 Å². The average Bonchev–Trinajstić information content (AvgIpc) is 2.10. The molecule has 1 aromatic carbocycles. The van der Waals surface area contributed by atoms with Crippen molar-refractivity contribution in [1.29, 1.82) is 0 Å². The van der Waals surface area contributed by atoms with Crippen molar-refractivity contribution < 1.29 is 9.90 Å². The highest BCUT2D eigenvalue weighted by atomic mass is 79.9. The molecular formula is C11H14BrNO2. The molecule has 0 aliphatic carbocycles. The van der Waals surface area contributed by atoms with Gasteiger partial charge in [-0.15, -0.1) is 0 Å². The Hall–Kier alpha value is -1.03. The Balaban J connectivity index is 3.00. The highest BCUT2D eigenvalue weighted by Gasteiger charge is 2.13. The van der Waals surface area contributed by atoms with Gasteiger partial charge in [-0.1, -0.05) is 6.07 Å². The van der Waals surface area contributed by atoms with E-state index in [2.05, 4.69) is 21.2 Å². The molecule has 0 saturated heterocycles. The topological polar surface area (TPSA) is 49.3 Å². The molecule has 4 heteroatoms. The van der Waals surface area contributed by atoms with E-state index in [0.717, 1.165) is 21.3 Å². The molecular weight excluding hydrogens is 258 g/mol. The van der Waals surface area contributed by atoms with E-state index in [0.29, 0.717) is 0 Å². The fourth-order valence-electron chi connectivity index (χ4n) is 1.38. The van der Waals surface area contributed by atoms with Crippen molar-refractivity contribution in [2.75, 3.05) is 5.32 Å². The van der Waals surface area contributed by atoms with Gasteiger partial charge < -0.3 is 10.4 Å². The summed E-state index contributed by atoms with van der Waals surface area (Å²) in [7, 11) is 0. The van der Waals surface area contributed by atoms with Gasteiger partial charge in [-0.2, -0.15) is 0 Å². The van der Waals surface area contributed by atoms with E-state index in [1.165, 1.54) is 0 Å². The maximum atomic E-state index is 10.7. The third-order valence-corrected chi connectivity index (χ3v) is 2.79. The van der Waals surface area contributed by atoms with E-state index in [9.17, 15) is 4.79 Å². The first-order valence-electron chi connectivity index (χ1n) is 4.68. The van der Waals surface area contributed by atoms with Gasteiger partial charge in [-0.25, -0.2) is 0 Å². The Labute approximate surface area is 97.6 Å². The monoisotopic (exact) mass is 271 g/mol. The summed E-state index contributed by atoms with van der Waals surface area (Å²) >= 11 is 3.42. The van der Waals surface area contributed by atoms with Gasteiger partial charge in [0.2, 0.25) is 0 Å². The fourth-order valence-corrected chi connectivity index (χ4v) is 2.17. The summed E-state index contributed by atoms with van der Waals surface area (Å²) in [5.41, 5.74) is 3.03. The molecule has 15 heavy (non-hydrogen) atoms. The molecule has 1 atom stereocenters. The molecule has 1 aromatic rings. The lowest BCUT2D eigenvalue weighted by molar-refractivity contribution is -0.137. The normalized spacial score (nSPS) is 12.3. The van der Waals surface area contributed by atoms with E-state index in [1.807, 2.05) is 26.0 Å². The number of rotatable bonds is 3. The van der Waals surface area contributed by atoms with Crippen LogP contribution in [0.1, 0.15) is 18.1 Å². The summed E-state index contributed by atoms with van der Waals surface area (Å²) in [6, 6.07) is 3.38. The molecule has 0 radical (unpaired) electrons. The largest absolute Gasteiger partial charge is 0.480 e. The predicted molar refractivity (Wildman–Crippen MR) is 64.3 cm³/mol. The molecule has 0 bridgehead atoms. The molecule has 0 heterocycles. The second kappa shape index (κ2) is 4.66. The van der Waals surface area contributed by atoms with Gasteiger partial charge in [0, 0.05) is 4.47 Å². The van der Waals surface area contributed by atoms with Crippen LogP contribution in [0.15, 0.2) is 16.6 Å². The summed E-state index contributed by atoms with van der Waals surface area (Å²) < 4.78 is 0.896. The molecule has 1 rings (SSSR count). The first-order chi connectivity index (χ1) is 6.91. The summed E-state index contributed by atoms with van der Waals surface area (Å²) in [5.74, 6) is -0.859. The number of carbonyl (C=O) groups is 1. The number of hydrogen-bond acceptors (Lipinski definition) is 2. The van der Waals surface area contributed by atoms with Crippen molar-refractivity contribution in [3.05, 3.63) is 27.7 Å². The fraction of sp³-hybridized carbons (Fsp3) is 0.364. The summed E-state index contributed by atoms with van der Waals surface area (Å²) in [6.07, 6.45) is 0. The van der Waals surface area contributed by atoms with Crippen molar-refractivity contribution in [1.82, 2.24) is 0 Å². The first kappa shape index (κ1) is 12.0. The zero-order valence-electron chi connectivity index (χ0n) is 8.97. The lowest BCUT2D eigenvalue weighted by Crippen LogP contribution is -2.26. The Morgan fingerprint density at radius 1 is 1.47 bits per heavy atom. The minimum absolute atomic E-state index is 0.595. The smallest absolute Gasteiger partial charge is 0.325 e. The Morgan fingerprint density at radius 2 is 2.07 bits per heavy atom. The number of halogens is 1. The molecule has 3 nitrogen and oxygen atoms in total. The maximum absolute atomic E-state index is 10.7. The Bertz CT molecular complexity index is 367. The molecule has 2 N–H and O–H groups in total. The van der Waals surface area contributed by atoms with Crippen molar-refractivity contribution in [3.8, 4) is 0 Å². The maximum Gasteiger partial charge on any atom is 0.325 e. The number of carboxylic acids is 1. The quantitative estimate of drug-likeness (QED) is 0.889. The van der Waals surface area contributed by atoms with Crippen LogP contribution in [0.2, 0.25) is 0 Å². The lowest BCUT2D eigenvalue weighted by atomic mass is 10.1. The van der Waals surface area contributed by atoms with Crippen molar-refractivity contribution in [2.24, 2.45) is 0 Å². The number of benzene rings is 1. The van der Waals surface area contributed by atoms with E-state index in [4.69, 9.17) is 5.11 Å². The molecule has 82 valence electrons. The number of aliphatic carboxylic acids is 1. The van der Waals surface area contributed by atoms with Gasteiger partial charge >= 0.3 is 5.97 Å². The summed E-state index contributed by atoms with van der Waals surface area (Å²) in [5, 5.41) is 11.8. The number of anilines is 1. The number of carboxylic acid groups (broad SMARTS) is 1. The van der Waals surface area contributed by atoms with Crippen molar-refractivity contribution in [2.45, 2.75) is 26.8 Å². The third kappa shape index (κ3) is 2.96. The number of nitrogens with one attached hydrogen (secondary N) is 1. The molecule has 0 aliphatic heterocycles. The highest BCUT2D eigenvalue weighted by Crippen LogP contribution is 2.28. The summed E-state index contributed by atoms with van der Waals surface area (Å²) in [4.78, 5) is 10.7. The van der Waals surface area contributed by atoms with Crippen LogP contribution in [0.25, 0.3) is 0 Å². The van der Waals surface area contributed by atoms with Crippen molar-refractivity contribution in [3.63, 3.8) is 0 Å². The highest BCUT2D eigenvalue weighted by molar-refractivity contribution is 9.10. The van der Waals surface area contributed by atoms with Gasteiger partial charge in [0.25, 0.3) is 0 Å². The molecule has 0 amide bonds. The van der Waals surface area contributed by atoms with Gasteiger partial charge in [0.1, 0.15) is 6.04 Å². The van der Waals surface area contributed by atoms with E-state index in [-0.39, 0.29) is 0 Å². The van der Waals surface area contributed by atoms with Crippen LogP contribution in [0, 0.1) is 13.8 Å². The van der Waals surface area contributed by atoms with Crippen LogP contribution in [-0.4, -0.2) is 17.1 Å². The second-order valence-electron chi connectivity index (χ2n) is 3.64. The molecule has 0 aliphatic rings. The third-order valence-electron chi connectivity index (χ3n) is 2.16. The minimum atomic E-state index is -0.859. The number of aryl methyl sites for hydroxylation is 2. The SMILES string of the molecule is Cc1cc(C)c(NC(C)C(=O)O)c(Br)c1. The van der Waals surface area contributed by atoms with Gasteiger partial charge in [0.15, 0.2) is 0 Å². The molecule has 0 saturated carbocycles. The molecule has 0 spiro atoms. The minimum Gasteiger partial charge on any atom is -0.480 e.